The Morgan fingerprint density at radius 1 is 1.28 bits per heavy atom. The van der Waals surface area contributed by atoms with Crippen LogP contribution in [0.1, 0.15) is 63.1 Å². The fourth-order valence-corrected chi connectivity index (χ4v) is 3.19. The van der Waals surface area contributed by atoms with Gasteiger partial charge in [0, 0.05) is 6.04 Å². The number of rotatable bonds is 4. The van der Waals surface area contributed by atoms with Crippen molar-refractivity contribution in [3.63, 3.8) is 0 Å². The molecule has 1 nitrogen and oxygen atoms in total. The maximum Gasteiger partial charge on any atom is 0.0326 e. The molecule has 1 aliphatic carbocycles. The zero-order valence-corrected chi connectivity index (χ0v) is 11.9. The van der Waals surface area contributed by atoms with Gasteiger partial charge in [-0.05, 0) is 48.6 Å². The summed E-state index contributed by atoms with van der Waals surface area (Å²) in [5.41, 5.74) is 9.40. The van der Waals surface area contributed by atoms with Gasteiger partial charge in [0.2, 0.25) is 0 Å². The topological polar surface area (TPSA) is 26.0 Å². The van der Waals surface area contributed by atoms with Crippen LogP contribution >= 0.6 is 0 Å². The van der Waals surface area contributed by atoms with E-state index in [0.717, 1.165) is 5.92 Å². The average molecular weight is 245 g/mol. The average Bonchev–Trinajstić information content (AvgIpc) is 2.50. The number of benzene rings is 1. The van der Waals surface area contributed by atoms with Crippen molar-refractivity contribution in [2.45, 2.75) is 58.4 Å². The van der Waals surface area contributed by atoms with Crippen molar-refractivity contribution in [2.24, 2.45) is 17.6 Å². The molecule has 1 aromatic rings. The Hall–Kier alpha value is -0.820. The molecular weight excluding hydrogens is 218 g/mol. The molecule has 2 unspecified atom stereocenters. The van der Waals surface area contributed by atoms with Crippen LogP contribution in [0.5, 0.6) is 0 Å². The minimum Gasteiger partial charge on any atom is -0.324 e. The highest BCUT2D eigenvalue weighted by Crippen LogP contribution is 2.34. The van der Waals surface area contributed by atoms with Crippen LogP contribution in [0.15, 0.2) is 24.3 Å². The summed E-state index contributed by atoms with van der Waals surface area (Å²) in [6.45, 7) is 4.62. The quantitative estimate of drug-likeness (QED) is 0.778. The summed E-state index contributed by atoms with van der Waals surface area (Å²) in [5.74, 6) is 1.51. The largest absolute Gasteiger partial charge is 0.324 e. The maximum absolute atomic E-state index is 6.51. The summed E-state index contributed by atoms with van der Waals surface area (Å²) in [7, 11) is 0. The number of hydrogen-bond donors (Lipinski definition) is 1. The van der Waals surface area contributed by atoms with Gasteiger partial charge in [0.25, 0.3) is 0 Å². The SMILES string of the molecule is CC(C)CCCC1CCCc2ccccc2C1N. The van der Waals surface area contributed by atoms with Gasteiger partial charge in [-0.2, -0.15) is 0 Å². The first kappa shape index (κ1) is 13.6. The molecule has 0 radical (unpaired) electrons. The predicted octanol–water partition coefficient (Wildman–Crippen LogP) is 4.47. The molecule has 0 bridgehead atoms. The van der Waals surface area contributed by atoms with Gasteiger partial charge in [-0.3, -0.25) is 0 Å². The highest BCUT2D eigenvalue weighted by molar-refractivity contribution is 5.31. The zero-order valence-electron chi connectivity index (χ0n) is 11.9. The first-order valence-electron chi connectivity index (χ1n) is 7.52. The Balaban J connectivity index is 2.01. The van der Waals surface area contributed by atoms with Gasteiger partial charge in [0.15, 0.2) is 0 Å². The van der Waals surface area contributed by atoms with Crippen LogP contribution in [0.25, 0.3) is 0 Å². The predicted molar refractivity (Wildman–Crippen MR) is 78.5 cm³/mol. The van der Waals surface area contributed by atoms with E-state index >= 15 is 0 Å². The molecule has 1 aromatic carbocycles. The van der Waals surface area contributed by atoms with E-state index in [2.05, 4.69) is 38.1 Å². The second kappa shape index (κ2) is 6.38. The van der Waals surface area contributed by atoms with Crippen molar-refractivity contribution in [3.05, 3.63) is 35.4 Å². The van der Waals surface area contributed by atoms with E-state index in [1.54, 1.807) is 0 Å². The summed E-state index contributed by atoms with van der Waals surface area (Å²) >= 11 is 0. The lowest BCUT2D eigenvalue weighted by Gasteiger charge is -2.23. The standard InChI is InChI=1S/C17H27N/c1-13(2)7-5-10-15-11-6-9-14-8-3-4-12-16(14)17(15)18/h3-4,8,12-13,15,17H,5-7,9-11,18H2,1-2H3. The summed E-state index contributed by atoms with van der Waals surface area (Å²) in [6.07, 6.45) is 7.78. The number of hydrogen-bond acceptors (Lipinski definition) is 1. The fourth-order valence-electron chi connectivity index (χ4n) is 3.19. The summed E-state index contributed by atoms with van der Waals surface area (Å²) in [4.78, 5) is 0. The van der Waals surface area contributed by atoms with Crippen LogP contribution in [0, 0.1) is 11.8 Å². The van der Waals surface area contributed by atoms with Crippen LogP contribution in [-0.4, -0.2) is 0 Å². The number of fused-ring (bicyclic) bond motifs is 1. The van der Waals surface area contributed by atoms with Crippen molar-refractivity contribution in [1.29, 1.82) is 0 Å². The number of aryl methyl sites for hydroxylation is 1. The lowest BCUT2D eigenvalue weighted by atomic mass is 9.87. The molecule has 0 aliphatic heterocycles. The molecule has 18 heavy (non-hydrogen) atoms. The Bertz CT molecular complexity index is 370. The molecule has 2 rings (SSSR count). The van der Waals surface area contributed by atoms with Gasteiger partial charge in [0.1, 0.15) is 0 Å². The van der Waals surface area contributed by atoms with Crippen LogP contribution in [0.4, 0.5) is 0 Å². The smallest absolute Gasteiger partial charge is 0.0326 e. The third kappa shape index (κ3) is 3.35. The Morgan fingerprint density at radius 2 is 2.06 bits per heavy atom. The molecule has 2 N–H and O–H groups in total. The monoisotopic (exact) mass is 245 g/mol. The molecule has 0 saturated carbocycles. The second-order valence-electron chi connectivity index (χ2n) is 6.20. The molecule has 1 heteroatoms. The maximum atomic E-state index is 6.51. The van der Waals surface area contributed by atoms with Crippen molar-refractivity contribution in [1.82, 2.24) is 0 Å². The highest BCUT2D eigenvalue weighted by Gasteiger charge is 2.24. The van der Waals surface area contributed by atoms with E-state index in [4.69, 9.17) is 5.73 Å². The van der Waals surface area contributed by atoms with Crippen LogP contribution < -0.4 is 5.73 Å². The fraction of sp³-hybridized carbons (Fsp3) is 0.647. The Labute approximate surface area is 112 Å². The number of nitrogens with two attached hydrogens (primary N) is 1. The van der Waals surface area contributed by atoms with Crippen molar-refractivity contribution < 1.29 is 0 Å². The molecule has 0 heterocycles. The summed E-state index contributed by atoms with van der Waals surface area (Å²) in [5, 5.41) is 0. The summed E-state index contributed by atoms with van der Waals surface area (Å²) < 4.78 is 0. The molecular formula is C17H27N. The minimum absolute atomic E-state index is 0.260. The van der Waals surface area contributed by atoms with Gasteiger partial charge in [-0.15, -0.1) is 0 Å². The van der Waals surface area contributed by atoms with Crippen molar-refractivity contribution in [3.8, 4) is 0 Å². The van der Waals surface area contributed by atoms with Gasteiger partial charge in [0.05, 0.1) is 0 Å². The van der Waals surface area contributed by atoms with E-state index in [1.165, 1.54) is 49.7 Å². The first-order chi connectivity index (χ1) is 8.68. The Kier molecular flexibility index (Phi) is 4.82. The van der Waals surface area contributed by atoms with Crippen LogP contribution in [0.2, 0.25) is 0 Å². The van der Waals surface area contributed by atoms with E-state index in [0.29, 0.717) is 5.92 Å². The normalized spacial score (nSPS) is 23.8. The van der Waals surface area contributed by atoms with E-state index < -0.39 is 0 Å². The molecule has 0 saturated heterocycles. The molecule has 1 aliphatic rings. The van der Waals surface area contributed by atoms with Crippen LogP contribution in [-0.2, 0) is 6.42 Å². The molecule has 100 valence electrons. The molecule has 0 aromatic heterocycles. The van der Waals surface area contributed by atoms with Crippen molar-refractivity contribution >= 4 is 0 Å². The third-order valence-corrected chi connectivity index (χ3v) is 4.30. The van der Waals surface area contributed by atoms with Gasteiger partial charge in [-0.1, -0.05) is 51.0 Å². The zero-order chi connectivity index (χ0) is 13.0. The van der Waals surface area contributed by atoms with E-state index in [-0.39, 0.29) is 6.04 Å². The third-order valence-electron chi connectivity index (χ3n) is 4.30. The molecule has 0 spiro atoms. The van der Waals surface area contributed by atoms with Crippen LogP contribution in [0.3, 0.4) is 0 Å². The van der Waals surface area contributed by atoms with Gasteiger partial charge in [-0.25, -0.2) is 0 Å². The second-order valence-corrected chi connectivity index (χ2v) is 6.20. The van der Waals surface area contributed by atoms with Crippen molar-refractivity contribution in [2.75, 3.05) is 0 Å². The molecule has 2 atom stereocenters. The van der Waals surface area contributed by atoms with Gasteiger partial charge >= 0.3 is 0 Å². The molecule has 0 amide bonds. The van der Waals surface area contributed by atoms with Gasteiger partial charge < -0.3 is 5.73 Å². The Morgan fingerprint density at radius 3 is 2.83 bits per heavy atom. The first-order valence-corrected chi connectivity index (χ1v) is 7.52. The summed E-state index contributed by atoms with van der Waals surface area (Å²) in [6, 6.07) is 9.03. The minimum atomic E-state index is 0.260. The molecule has 0 fully saturated rings. The lowest BCUT2D eigenvalue weighted by Crippen LogP contribution is -2.21. The van der Waals surface area contributed by atoms with E-state index in [1.807, 2.05) is 0 Å². The highest BCUT2D eigenvalue weighted by atomic mass is 14.7. The lowest BCUT2D eigenvalue weighted by molar-refractivity contribution is 0.354. The van der Waals surface area contributed by atoms with E-state index in [9.17, 15) is 0 Å².